The lowest BCUT2D eigenvalue weighted by Crippen LogP contribution is -2.38. The number of para-hydroxylation sites is 2. The number of aromatic nitrogens is 2. The number of thioether (sulfide) groups is 1. The Bertz CT molecular complexity index is 1250. The van der Waals surface area contributed by atoms with Gasteiger partial charge in [0.2, 0.25) is 5.91 Å². The molecule has 34 heavy (non-hydrogen) atoms. The SMILES string of the molecule is COc1ccccc1C1SCC(=O)N(CC(=O)O)c2c1c(C(C)(C)C)nn2-c1ccccc1Cl. The number of carbonyl (C=O) groups is 2. The van der Waals surface area contributed by atoms with Crippen molar-refractivity contribution in [2.75, 3.05) is 24.3 Å². The molecule has 1 unspecified atom stereocenters. The molecular formula is C25H26ClN3O4S. The summed E-state index contributed by atoms with van der Waals surface area (Å²) in [5, 5.41) is 14.8. The zero-order valence-corrected chi connectivity index (χ0v) is 21.0. The Morgan fingerprint density at radius 2 is 1.88 bits per heavy atom. The van der Waals surface area contributed by atoms with Gasteiger partial charge in [-0.25, -0.2) is 4.68 Å². The van der Waals surface area contributed by atoms with Crippen molar-refractivity contribution in [3.05, 3.63) is 70.4 Å². The molecule has 4 rings (SSSR count). The number of carboxylic acids is 1. The molecular weight excluding hydrogens is 474 g/mol. The van der Waals surface area contributed by atoms with E-state index in [9.17, 15) is 14.7 Å². The lowest BCUT2D eigenvalue weighted by molar-refractivity contribution is -0.136. The fraction of sp³-hybridized carbons (Fsp3) is 0.320. The number of amides is 1. The summed E-state index contributed by atoms with van der Waals surface area (Å²) in [5.74, 6) is -0.192. The topological polar surface area (TPSA) is 84.7 Å². The predicted octanol–water partition coefficient (Wildman–Crippen LogP) is 5.09. The average molecular weight is 500 g/mol. The number of anilines is 1. The van der Waals surface area contributed by atoms with E-state index in [4.69, 9.17) is 21.4 Å². The highest BCUT2D eigenvalue weighted by Crippen LogP contribution is 2.50. The quantitative estimate of drug-likeness (QED) is 0.526. The molecule has 1 aromatic heterocycles. The van der Waals surface area contributed by atoms with Gasteiger partial charge in [0, 0.05) is 16.5 Å². The third-order valence-corrected chi connectivity index (χ3v) is 7.15. The first kappa shape index (κ1) is 24.2. The van der Waals surface area contributed by atoms with Gasteiger partial charge in [0.05, 0.1) is 34.5 Å². The van der Waals surface area contributed by atoms with Crippen LogP contribution in [0, 0.1) is 0 Å². The van der Waals surface area contributed by atoms with Gasteiger partial charge in [-0.15, -0.1) is 11.8 Å². The van der Waals surface area contributed by atoms with E-state index >= 15 is 0 Å². The third-order valence-electron chi connectivity index (χ3n) is 5.59. The second-order valence-corrected chi connectivity index (χ2v) is 10.5. The first-order valence-electron chi connectivity index (χ1n) is 10.8. The maximum atomic E-state index is 13.3. The standard InChI is InChI=1S/C25H26ClN3O4S/c1-25(2,3)23-21-22(15-9-5-8-12-18(15)33-4)34-14-19(30)28(13-20(31)32)24(21)29(27-23)17-11-7-6-10-16(17)26/h5-12,22H,13-14H2,1-4H3,(H,31,32). The highest BCUT2D eigenvalue weighted by atomic mass is 35.5. The molecule has 0 spiro atoms. The van der Waals surface area contributed by atoms with Crippen LogP contribution in [0.25, 0.3) is 5.69 Å². The molecule has 0 radical (unpaired) electrons. The van der Waals surface area contributed by atoms with Crippen molar-refractivity contribution in [1.82, 2.24) is 9.78 Å². The van der Waals surface area contributed by atoms with Crippen molar-refractivity contribution in [2.24, 2.45) is 0 Å². The summed E-state index contributed by atoms with van der Waals surface area (Å²) in [6.45, 7) is 5.66. The molecule has 1 atom stereocenters. The van der Waals surface area contributed by atoms with E-state index in [1.807, 2.05) is 63.2 Å². The van der Waals surface area contributed by atoms with Gasteiger partial charge in [-0.3, -0.25) is 14.5 Å². The summed E-state index contributed by atoms with van der Waals surface area (Å²) in [5.41, 5.74) is 2.61. The summed E-state index contributed by atoms with van der Waals surface area (Å²) < 4.78 is 7.27. The summed E-state index contributed by atoms with van der Waals surface area (Å²) in [6, 6.07) is 14.9. The number of benzene rings is 2. The molecule has 0 saturated heterocycles. The lowest BCUT2D eigenvalue weighted by Gasteiger charge is -2.24. The summed E-state index contributed by atoms with van der Waals surface area (Å²) >= 11 is 7.99. The Balaban J connectivity index is 2.11. The van der Waals surface area contributed by atoms with Crippen LogP contribution in [-0.2, 0) is 15.0 Å². The zero-order chi connectivity index (χ0) is 24.6. The minimum Gasteiger partial charge on any atom is -0.496 e. The molecule has 3 aromatic rings. The van der Waals surface area contributed by atoms with E-state index in [1.165, 1.54) is 16.7 Å². The van der Waals surface area contributed by atoms with Crippen LogP contribution < -0.4 is 9.64 Å². The number of aliphatic carboxylic acids is 1. The summed E-state index contributed by atoms with van der Waals surface area (Å²) in [7, 11) is 1.61. The van der Waals surface area contributed by atoms with Crippen LogP contribution >= 0.6 is 23.4 Å². The number of rotatable bonds is 5. The predicted molar refractivity (Wildman–Crippen MR) is 135 cm³/mol. The summed E-state index contributed by atoms with van der Waals surface area (Å²) in [4.78, 5) is 26.4. The molecule has 1 N–H and O–H groups in total. The monoisotopic (exact) mass is 499 g/mol. The van der Waals surface area contributed by atoms with Gasteiger partial charge in [-0.2, -0.15) is 5.10 Å². The minimum atomic E-state index is -1.11. The molecule has 1 aliphatic heterocycles. The van der Waals surface area contributed by atoms with Gasteiger partial charge >= 0.3 is 5.97 Å². The van der Waals surface area contributed by atoms with Crippen molar-refractivity contribution in [3.8, 4) is 11.4 Å². The van der Waals surface area contributed by atoms with Gasteiger partial charge in [0.1, 0.15) is 18.1 Å². The molecule has 2 heterocycles. The van der Waals surface area contributed by atoms with Gasteiger partial charge in [-0.1, -0.05) is 62.7 Å². The van der Waals surface area contributed by atoms with Crippen molar-refractivity contribution in [3.63, 3.8) is 0 Å². The number of hydrogen-bond acceptors (Lipinski definition) is 5. The Hall–Kier alpha value is -2.97. The number of hydrogen-bond donors (Lipinski definition) is 1. The van der Waals surface area contributed by atoms with E-state index in [2.05, 4.69) is 0 Å². The first-order chi connectivity index (χ1) is 16.1. The van der Waals surface area contributed by atoms with Crippen molar-refractivity contribution >= 4 is 41.1 Å². The second kappa shape index (κ2) is 9.35. The van der Waals surface area contributed by atoms with Crippen LogP contribution in [0.3, 0.4) is 0 Å². The van der Waals surface area contributed by atoms with Crippen molar-refractivity contribution in [2.45, 2.75) is 31.4 Å². The highest BCUT2D eigenvalue weighted by Gasteiger charge is 2.40. The van der Waals surface area contributed by atoms with Gasteiger partial charge in [0.25, 0.3) is 0 Å². The lowest BCUT2D eigenvalue weighted by atomic mass is 9.87. The maximum Gasteiger partial charge on any atom is 0.323 e. The van der Waals surface area contributed by atoms with Gasteiger partial charge in [-0.05, 0) is 18.2 Å². The first-order valence-corrected chi connectivity index (χ1v) is 12.2. The molecule has 0 bridgehead atoms. The Morgan fingerprint density at radius 1 is 1.21 bits per heavy atom. The third kappa shape index (κ3) is 4.40. The summed E-state index contributed by atoms with van der Waals surface area (Å²) in [6.07, 6.45) is 0. The molecule has 1 amide bonds. The number of carbonyl (C=O) groups excluding carboxylic acids is 1. The fourth-order valence-corrected chi connectivity index (χ4v) is 5.57. The average Bonchev–Trinajstić information content (AvgIpc) is 3.12. The fourth-order valence-electron chi connectivity index (χ4n) is 4.13. The van der Waals surface area contributed by atoms with Crippen LogP contribution in [0.2, 0.25) is 5.02 Å². The number of methoxy groups -OCH3 is 1. The van der Waals surface area contributed by atoms with E-state index in [0.29, 0.717) is 22.3 Å². The van der Waals surface area contributed by atoms with Crippen LogP contribution in [0.1, 0.15) is 42.8 Å². The van der Waals surface area contributed by atoms with Crippen LogP contribution in [-0.4, -0.2) is 46.2 Å². The van der Waals surface area contributed by atoms with Crippen LogP contribution in [0.4, 0.5) is 5.82 Å². The van der Waals surface area contributed by atoms with Crippen LogP contribution in [0.15, 0.2) is 48.5 Å². The van der Waals surface area contributed by atoms with E-state index in [0.717, 1.165) is 16.8 Å². The van der Waals surface area contributed by atoms with Crippen molar-refractivity contribution in [1.29, 1.82) is 0 Å². The van der Waals surface area contributed by atoms with Gasteiger partial charge < -0.3 is 9.84 Å². The zero-order valence-electron chi connectivity index (χ0n) is 19.4. The number of fused-ring (bicyclic) bond motifs is 1. The minimum absolute atomic E-state index is 0.108. The molecule has 0 saturated carbocycles. The molecule has 9 heteroatoms. The molecule has 178 valence electrons. The number of ether oxygens (including phenoxy) is 1. The van der Waals surface area contributed by atoms with Crippen LogP contribution in [0.5, 0.6) is 5.75 Å². The smallest absolute Gasteiger partial charge is 0.323 e. The number of carboxylic acid groups (broad SMARTS) is 1. The van der Waals surface area contributed by atoms with E-state index < -0.39 is 17.9 Å². The molecule has 0 aliphatic carbocycles. The molecule has 2 aromatic carbocycles. The second-order valence-electron chi connectivity index (χ2n) is 9.01. The maximum absolute atomic E-state index is 13.3. The van der Waals surface area contributed by atoms with E-state index in [1.54, 1.807) is 17.9 Å². The largest absolute Gasteiger partial charge is 0.496 e. The highest BCUT2D eigenvalue weighted by molar-refractivity contribution is 8.00. The molecule has 7 nitrogen and oxygen atoms in total. The van der Waals surface area contributed by atoms with E-state index in [-0.39, 0.29) is 16.9 Å². The molecule has 0 fully saturated rings. The number of nitrogens with zero attached hydrogens (tertiary/aromatic N) is 3. The Kier molecular flexibility index (Phi) is 6.64. The van der Waals surface area contributed by atoms with Gasteiger partial charge in [0.15, 0.2) is 0 Å². The van der Waals surface area contributed by atoms with Crippen molar-refractivity contribution < 1.29 is 19.4 Å². The molecule has 1 aliphatic rings. The Morgan fingerprint density at radius 3 is 2.53 bits per heavy atom. The Labute approximate surface area is 207 Å². The number of halogens is 1. The normalized spacial score (nSPS) is 16.2.